The number of nitrogens with zero attached hydrogens (tertiary/aromatic N) is 1. The molecule has 0 saturated carbocycles. The number of benzene rings is 2. The molecule has 27 heavy (non-hydrogen) atoms. The molecular formula is C21H19BrN2O3. The number of fused-ring (bicyclic) bond motifs is 1. The maximum Gasteiger partial charge on any atom is 0.307 e. The lowest BCUT2D eigenvalue weighted by atomic mass is 10.0. The van der Waals surface area contributed by atoms with Crippen LogP contribution in [0.5, 0.6) is 0 Å². The molecule has 3 rings (SSSR count). The summed E-state index contributed by atoms with van der Waals surface area (Å²) in [5.74, 6) is -0.644. The van der Waals surface area contributed by atoms with Gasteiger partial charge in [0.2, 0.25) is 0 Å². The molecule has 0 aliphatic heterocycles. The molecule has 0 aliphatic carbocycles. The van der Waals surface area contributed by atoms with Crippen LogP contribution < -0.4 is 5.32 Å². The smallest absolute Gasteiger partial charge is 0.307 e. The highest BCUT2D eigenvalue weighted by Gasteiger charge is 2.21. The summed E-state index contributed by atoms with van der Waals surface area (Å²) < 4.78 is 5.68. The molecule has 1 amide bonds. The Labute approximate surface area is 165 Å². The molecule has 0 spiro atoms. The second-order valence-corrected chi connectivity index (χ2v) is 7.11. The van der Waals surface area contributed by atoms with E-state index in [0.29, 0.717) is 5.56 Å². The predicted octanol–water partition coefficient (Wildman–Crippen LogP) is 4.34. The van der Waals surface area contributed by atoms with Crippen molar-refractivity contribution in [2.24, 2.45) is 0 Å². The molecule has 0 fully saturated rings. The summed E-state index contributed by atoms with van der Waals surface area (Å²) in [5.41, 5.74) is 2.85. The van der Waals surface area contributed by atoms with E-state index in [1.807, 2.05) is 55.5 Å². The number of carbonyl (C=O) groups is 2. The third-order valence-corrected chi connectivity index (χ3v) is 4.74. The van der Waals surface area contributed by atoms with E-state index in [-0.39, 0.29) is 18.3 Å². The summed E-state index contributed by atoms with van der Waals surface area (Å²) in [6, 6.07) is 16.3. The molecule has 6 heteroatoms. The number of rotatable bonds is 5. The first-order valence-electron chi connectivity index (χ1n) is 8.47. The van der Waals surface area contributed by atoms with Gasteiger partial charge >= 0.3 is 5.97 Å². The molecule has 0 aliphatic rings. The molecule has 1 N–H and O–H groups in total. The fourth-order valence-electron chi connectivity index (χ4n) is 2.95. The van der Waals surface area contributed by atoms with Crippen LogP contribution in [0.25, 0.3) is 10.9 Å². The van der Waals surface area contributed by atoms with Gasteiger partial charge in [0, 0.05) is 15.6 Å². The topological polar surface area (TPSA) is 68.3 Å². The highest BCUT2D eigenvalue weighted by Crippen LogP contribution is 2.24. The molecule has 1 aromatic heterocycles. The van der Waals surface area contributed by atoms with Crippen LogP contribution in [-0.2, 0) is 9.53 Å². The van der Waals surface area contributed by atoms with Crippen molar-refractivity contribution in [3.63, 3.8) is 0 Å². The Morgan fingerprint density at radius 1 is 1.15 bits per heavy atom. The van der Waals surface area contributed by atoms with E-state index < -0.39 is 6.04 Å². The normalized spacial score (nSPS) is 11.8. The fourth-order valence-corrected chi connectivity index (χ4v) is 3.29. The largest absolute Gasteiger partial charge is 0.469 e. The number of nitrogens with one attached hydrogen (secondary N) is 1. The van der Waals surface area contributed by atoms with Crippen LogP contribution in [0.3, 0.4) is 0 Å². The number of carbonyl (C=O) groups excluding carboxylic acids is 2. The van der Waals surface area contributed by atoms with Crippen LogP contribution >= 0.6 is 15.9 Å². The van der Waals surface area contributed by atoms with Crippen molar-refractivity contribution in [2.45, 2.75) is 19.4 Å². The minimum Gasteiger partial charge on any atom is -0.469 e. The van der Waals surface area contributed by atoms with Gasteiger partial charge in [-0.15, -0.1) is 0 Å². The zero-order chi connectivity index (χ0) is 19.4. The quantitative estimate of drug-likeness (QED) is 0.616. The van der Waals surface area contributed by atoms with Gasteiger partial charge in [-0.2, -0.15) is 0 Å². The van der Waals surface area contributed by atoms with Gasteiger partial charge in [0.15, 0.2) is 0 Å². The zero-order valence-corrected chi connectivity index (χ0v) is 16.6. The molecule has 0 bridgehead atoms. The number of esters is 1. The Balaban J connectivity index is 1.96. The number of aryl methyl sites for hydroxylation is 1. The number of pyridine rings is 1. The summed E-state index contributed by atoms with van der Waals surface area (Å²) in [6.45, 7) is 1.85. The standard InChI is InChI=1S/C21H19BrN2O3/c1-13-10-17(16-9-8-15(22)11-19(16)23-13)21(26)24-18(12-20(25)27-2)14-6-4-3-5-7-14/h3-11,18H,12H2,1-2H3,(H,24,26). The van der Waals surface area contributed by atoms with E-state index >= 15 is 0 Å². The maximum absolute atomic E-state index is 13.0. The minimum atomic E-state index is -0.481. The van der Waals surface area contributed by atoms with Crippen molar-refractivity contribution in [3.8, 4) is 0 Å². The average Bonchev–Trinajstić information content (AvgIpc) is 2.66. The van der Waals surface area contributed by atoms with Crippen LogP contribution in [0.2, 0.25) is 0 Å². The molecule has 1 unspecified atom stereocenters. The molecule has 1 atom stereocenters. The van der Waals surface area contributed by atoms with E-state index in [0.717, 1.165) is 26.6 Å². The molecule has 3 aromatic rings. The summed E-state index contributed by atoms with van der Waals surface area (Å²) >= 11 is 3.43. The van der Waals surface area contributed by atoms with E-state index in [2.05, 4.69) is 26.2 Å². The fraction of sp³-hybridized carbons (Fsp3) is 0.190. The SMILES string of the molecule is COC(=O)CC(NC(=O)c1cc(C)nc2cc(Br)ccc12)c1ccccc1. The minimum absolute atomic E-state index is 0.0554. The van der Waals surface area contributed by atoms with Gasteiger partial charge in [-0.1, -0.05) is 52.3 Å². The lowest BCUT2D eigenvalue weighted by molar-refractivity contribution is -0.141. The Hall–Kier alpha value is -2.73. The van der Waals surface area contributed by atoms with Gasteiger partial charge in [-0.05, 0) is 30.7 Å². The molecule has 1 heterocycles. The van der Waals surface area contributed by atoms with Gasteiger partial charge in [0.1, 0.15) is 0 Å². The van der Waals surface area contributed by atoms with Crippen molar-refractivity contribution in [1.29, 1.82) is 0 Å². The number of hydrogen-bond donors (Lipinski definition) is 1. The van der Waals surface area contributed by atoms with Gasteiger partial charge < -0.3 is 10.1 Å². The molecule has 0 radical (unpaired) electrons. The first-order valence-corrected chi connectivity index (χ1v) is 9.27. The van der Waals surface area contributed by atoms with Crippen molar-refractivity contribution < 1.29 is 14.3 Å². The lowest BCUT2D eigenvalue weighted by Crippen LogP contribution is -2.30. The van der Waals surface area contributed by atoms with Gasteiger partial charge in [0.25, 0.3) is 5.91 Å². The van der Waals surface area contributed by atoms with Crippen molar-refractivity contribution in [2.75, 3.05) is 7.11 Å². The maximum atomic E-state index is 13.0. The van der Waals surface area contributed by atoms with Crippen LogP contribution in [0.4, 0.5) is 0 Å². The Bertz CT molecular complexity index is 984. The average molecular weight is 427 g/mol. The van der Waals surface area contributed by atoms with Crippen molar-refractivity contribution in [3.05, 3.63) is 75.9 Å². The van der Waals surface area contributed by atoms with Crippen LogP contribution in [-0.4, -0.2) is 24.0 Å². The number of amides is 1. The lowest BCUT2D eigenvalue weighted by Gasteiger charge is -2.19. The highest BCUT2D eigenvalue weighted by molar-refractivity contribution is 9.10. The molecule has 0 saturated heterocycles. The number of aromatic nitrogens is 1. The number of ether oxygens (including phenoxy) is 1. The predicted molar refractivity (Wildman–Crippen MR) is 107 cm³/mol. The van der Waals surface area contributed by atoms with E-state index in [4.69, 9.17) is 4.74 Å². The van der Waals surface area contributed by atoms with Crippen LogP contribution in [0.1, 0.15) is 34.1 Å². The summed E-state index contributed by atoms with van der Waals surface area (Å²) in [4.78, 5) is 29.4. The molecular weight excluding hydrogens is 408 g/mol. The number of methoxy groups -OCH3 is 1. The van der Waals surface area contributed by atoms with Gasteiger partial charge in [0.05, 0.1) is 30.7 Å². The van der Waals surface area contributed by atoms with E-state index in [9.17, 15) is 9.59 Å². The second-order valence-electron chi connectivity index (χ2n) is 6.19. The number of halogens is 1. The molecule has 138 valence electrons. The third kappa shape index (κ3) is 4.52. The summed E-state index contributed by atoms with van der Waals surface area (Å²) in [6.07, 6.45) is 0.0554. The summed E-state index contributed by atoms with van der Waals surface area (Å²) in [7, 11) is 1.34. The van der Waals surface area contributed by atoms with Crippen LogP contribution in [0, 0.1) is 6.92 Å². The van der Waals surface area contributed by atoms with E-state index in [1.165, 1.54) is 7.11 Å². The van der Waals surface area contributed by atoms with Crippen molar-refractivity contribution >= 4 is 38.7 Å². The van der Waals surface area contributed by atoms with Crippen LogP contribution in [0.15, 0.2) is 59.1 Å². The second kappa shape index (κ2) is 8.31. The monoisotopic (exact) mass is 426 g/mol. The third-order valence-electron chi connectivity index (χ3n) is 4.25. The number of hydrogen-bond acceptors (Lipinski definition) is 4. The molecule has 5 nitrogen and oxygen atoms in total. The van der Waals surface area contributed by atoms with Gasteiger partial charge in [-0.25, -0.2) is 0 Å². The first-order chi connectivity index (χ1) is 13.0. The summed E-state index contributed by atoms with van der Waals surface area (Å²) in [5, 5.41) is 3.73. The Morgan fingerprint density at radius 3 is 2.59 bits per heavy atom. The van der Waals surface area contributed by atoms with Crippen molar-refractivity contribution in [1.82, 2.24) is 10.3 Å². The zero-order valence-electron chi connectivity index (χ0n) is 15.0. The first kappa shape index (κ1) is 19.0. The Morgan fingerprint density at radius 2 is 1.89 bits per heavy atom. The van der Waals surface area contributed by atoms with Gasteiger partial charge in [-0.3, -0.25) is 14.6 Å². The Kier molecular flexibility index (Phi) is 5.86. The highest BCUT2D eigenvalue weighted by atomic mass is 79.9. The molecule has 2 aromatic carbocycles. The van der Waals surface area contributed by atoms with E-state index in [1.54, 1.807) is 6.07 Å².